The molecule has 0 radical (unpaired) electrons. The number of fused-ring (bicyclic) bond motifs is 3. The molecule has 0 spiro atoms. The Labute approximate surface area is 153 Å². The van der Waals surface area contributed by atoms with Gasteiger partial charge in [0, 0.05) is 4.88 Å². The van der Waals surface area contributed by atoms with Gasteiger partial charge in [0.2, 0.25) is 0 Å². The summed E-state index contributed by atoms with van der Waals surface area (Å²) < 4.78 is 19.8. The van der Waals surface area contributed by atoms with E-state index in [0.29, 0.717) is 11.1 Å². The first-order chi connectivity index (χ1) is 12.6. The van der Waals surface area contributed by atoms with Gasteiger partial charge in [-0.1, -0.05) is 0 Å². The summed E-state index contributed by atoms with van der Waals surface area (Å²) >= 11 is 1.61. The lowest BCUT2D eigenvalue weighted by molar-refractivity contribution is 0.0914. The van der Waals surface area contributed by atoms with E-state index in [1.54, 1.807) is 11.3 Å². The molecule has 5 nitrogen and oxygen atoms in total. The Bertz CT molecular complexity index is 981. The number of aryl methyl sites for hydroxylation is 2. The number of hydrogen-bond acceptors (Lipinski definition) is 5. The molecule has 26 heavy (non-hydrogen) atoms. The molecule has 0 saturated heterocycles. The zero-order valence-electron chi connectivity index (χ0n) is 14.2. The lowest BCUT2D eigenvalue weighted by Crippen LogP contribution is -2.30. The average Bonchev–Trinajstić information content (AvgIpc) is 3.03. The predicted octanol–water partition coefficient (Wildman–Crippen LogP) is 2.92. The van der Waals surface area contributed by atoms with Crippen LogP contribution in [0.1, 0.15) is 23.3 Å². The highest BCUT2D eigenvalue weighted by Crippen LogP contribution is 2.33. The first kappa shape index (κ1) is 17.2. The molecule has 1 atom stereocenters. The second-order valence-electron chi connectivity index (χ2n) is 6.51. The van der Waals surface area contributed by atoms with Crippen LogP contribution >= 0.6 is 11.3 Å². The van der Waals surface area contributed by atoms with Crippen molar-refractivity contribution in [2.45, 2.75) is 38.3 Å². The molecule has 1 aromatic carbocycles. The molecule has 0 amide bonds. The maximum atomic E-state index is 12.9. The van der Waals surface area contributed by atoms with Gasteiger partial charge in [-0.2, -0.15) is 0 Å². The monoisotopic (exact) mass is 374 g/mol. The number of rotatable bonds is 5. The SMILES string of the molecule is O=c1c2c3c(sc2ncn1C[C@@H](O)COc1ccc(F)cc1)CCCC3. The third kappa shape index (κ3) is 3.37. The first-order valence-electron chi connectivity index (χ1n) is 8.68. The summed E-state index contributed by atoms with van der Waals surface area (Å²) in [6.07, 6.45) is 4.82. The van der Waals surface area contributed by atoms with Crippen LogP contribution in [0, 0.1) is 5.82 Å². The molecular formula is C19H19FN2O3S. The molecule has 0 unspecified atom stereocenters. The average molecular weight is 374 g/mol. The quantitative estimate of drug-likeness (QED) is 0.746. The smallest absolute Gasteiger partial charge is 0.262 e. The second kappa shape index (κ2) is 7.17. The predicted molar refractivity (Wildman–Crippen MR) is 98.4 cm³/mol. The van der Waals surface area contributed by atoms with Crippen LogP contribution < -0.4 is 10.3 Å². The van der Waals surface area contributed by atoms with Crippen LogP contribution in [0.25, 0.3) is 10.2 Å². The zero-order valence-corrected chi connectivity index (χ0v) is 15.0. The number of ether oxygens (including phenoxy) is 1. The normalized spacial score (nSPS) is 15.0. The number of hydrogen-bond donors (Lipinski definition) is 1. The van der Waals surface area contributed by atoms with Gasteiger partial charge in [-0.15, -0.1) is 11.3 Å². The standard InChI is InChI=1S/C19H19FN2O3S/c20-12-5-7-14(8-6-12)25-10-13(23)9-22-11-21-18-17(19(22)24)15-3-1-2-4-16(15)26-18/h5-8,11,13,23H,1-4,9-10H2/t13-/m1/s1. The molecular weight excluding hydrogens is 355 g/mol. The summed E-state index contributed by atoms with van der Waals surface area (Å²) in [4.78, 5) is 19.3. The Morgan fingerprint density at radius 3 is 2.85 bits per heavy atom. The van der Waals surface area contributed by atoms with Gasteiger partial charge in [0.25, 0.3) is 5.56 Å². The van der Waals surface area contributed by atoms with E-state index in [9.17, 15) is 14.3 Å². The summed E-state index contributed by atoms with van der Waals surface area (Å²) in [5.74, 6) is 0.126. The minimum Gasteiger partial charge on any atom is -0.491 e. The van der Waals surface area contributed by atoms with Gasteiger partial charge < -0.3 is 9.84 Å². The van der Waals surface area contributed by atoms with Gasteiger partial charge in [-0.3, -0.25) is 9.36 Å². The van der Waals surface area contributed by atoms with E-state index in [1.165, 1.54) is 40.0 Å². The number of aliphatic hydroxyl groups excluding tert-OH is 1. The molecule has 3 aromatic rings. The lowest BCUT2D eigenvalue weighted by Gasteiger charge is -2.14. The second-order valence-corrected chi connectivity index (χ2v) is 7.60. The largest absolute Gasteiger partial charge is 0.491 e. The van der Waals surface area contributed by atoms with E-state index >= 15 is 0 Å². The van der Waals surface area contributed by atoms with Crippen LogP contribution in [-0.2, 0) is 19.4 Å². The van der Waals surface area contributed by atoms with Gasteiger partial charge >= 0.3 is 0 Å². The molecule has 1 aliphatic carbocycles. The Morgan fingerprint density at radius 1 is 1.27 bits per heavy atom. The van der Waals surface area contributed by atoms with Crippen molar-refractivity contribution in [3.63, 3.8) is 0 Å². The highest BCUT2D eigenvalue weighted by atomic mass is 32.1. The minimum absolute atomic E-state index is 0.0118. The zero-order chi connectivity index (χ0) is 18.1. The third-order valence-electron chi connectivity index (χ3n) is 4.61. The summed E-state index contributed by atoms with van der Waals surface area (Å²) in [5.41, 5.74) is 1.04. The van der Waals surface area contributed by atoms with E-state index in [0.717, 1.165) is 36.1 Å². The first-order valence-corrected chi connectivity index (χ1v) is 9.49. The highest BCUT2D eigenvalue weighted by Gasteiger charge is 2.20. The van der Waals surface area contributed by atoms with Crippen molar-refractivity contribution in [3.8, 4) is 5.75 Å². The summed E-state index contributed by atoms with van der Waals surface area (Å²) in [5, 5.41) is 10.9. The van der Waals surface area contributed by atoms with E-state index in [4.69, 9.17) is 4.74 Å². The molecule has 0 aliphatic heterocycles. The van der Waals surface area contributed by atoms with Gasteiger partial charge in [0.15, 0.2) is 0 Å². The molecule has 0 fully saturated rings. The van der Waals surface area contributed by atoms with Crippen molar-refractivity contribution in [2.75, 3.05) is 6.61 Å². The molecule has 4 rings (SSSR count). The number of benzene rings is 1. The maximum absolute atomic E-state index is 12.9. The van der Waals surface area contributed by atoms with Crippen LogP contribution in [-0.4, -0.2) is 27.4 Å². The summed E-state index contributed by atoms with van der Waals surface area (Å²) in [6, 6.07) is 5.59. The van der Waals surface area contributed by atoms with Crippen molar-refractivity contribution in [1.82, 2.24) is 9.55 Å². The molecule has 2 heterocycles. The van der Waals surface area contributed by atoms with Crippen LogP contribution in [0.4, 0.5) is 4.39 Å². The number of aliphatic hydroxyl groups is 1. The fraction of sp³-hybridized carbons (Fsp3) is 0.368. The van der Waals surface area contributed by atoms with Crippen molar-refractivity contribution in [2.24, 2.45) is 0 Å². The maximum Gasteiger partial charge on any atom is 0.262 e. The molecule has 1 aliphatic rings. The van der Waals surface area contributed by atoms with Crippen molar-refractivity contribution < 1.29 is 14.2 Å². The molecule has 0 bridgehead atoms. The Hall–Kier alpha value is -2.25. The Kier molecular flexibility index (Phi) is 4.74. The molecule has 1 N–H and O–H groups in total. The van der Waals surface area contributed by atoms with Crippen LogP contribution in [0.15, 0.2) is 35.4 Å². The van der Waals surface area contributed by atoms with E-state index in [-0.39, 0.29) is 24.5 Å². The highest BCUT2D eigenvalue weighted by molar-refractivity contribution is 7.18. The Morgan fingerprint density at radius 2 is 2.04 bits per heavy atom. The number of nitrogens with zero attached hydrogens (tertiary/aromatic N) is 2. The summed E-state index contributed by atoms with van der Waals surface area (Å²) in [7, 11) is 0. The third-order valence-corrected chi connectivity index (χ3v) is 5.81. The number of thiophene rings is 1. The molecule has 7 heteroatoms. The van der Waals surface area contributed by atoms with Crippen molar-refractivity contribution in [1.29, 1.82) is 0 Å². The van der Waals surface area contributed by atoms with Crippen molar-refractivity contribution in [3.05, 3.63) is 57.2 Å². The van der Waals surface area contributed by atoms with Gasteiger partial charge in [-0.05, 0) is 55.5 Å². The molecule has 136 valence electrons. The van der Waals surface area contributed by atoms with Gasteiger partial charge in [0.1, 0.15) is 29.1 Å². The molecule has 2 aromatic heterocycles. The number of aromatic nitrogens is 2. The van der Waals surface area contributed by atoms with Crippen molar-refractivity contribution >= 4 is 21.6 Å². The summed E-state index contributed by atoms with van der Waals surface area (Å²) in [6.45, 7) is 0.117. The Balaban J connectivity index is 1.50. The lowest BCUT2D eigenvalue weighted by atomic mass is 9.97. The minimum atomic E-state index is -0.869. The van der Waals surface area contributed by atoms with E-state index in [1.807, 2.05) is 0 Å². The van der Waals surface area contributed by atoms with E-state index in [2.05, 4.69) is 4.98 Å². The van der Waals surface area contributed by atoms with Gasteiger partial charge in [-0.25, -0.2) is 9.37 Å². The van der Waals surface area contributed by atoms with Crippen LogP contribution in [0.2, 0.25) is 0 Å². The van der Waals surface area contributed by atoms with E-state index < -0.39 is 6.10 Å². The fourth-order valence-corrected chi connectivity index (χ4v) is 4.53. The fourth-order valence-electron chi connectivity index (χ4n) is 3.31. The topological polar surface area (TPSA) is 64.4 Å². The number of halogens is 1. The van der Waals surface area contributed by atoms with Gasteiger partial charge in [0.05, 0.1) is 18.3 Å². The van der Waals surface area contributed by atoms with Crippen LogP contribution in [0.5, 0.6) is 5.75 Å². The van der Waals surface area contributed by atoms with Crippen LogP contribution in [0.3, 0.4) is 0 Å². The molecule has 0 saturated carbocycles.